The Kier molecular flexibility index (Phi) is 7.78. The highest BCUT2D eigenvalue weighted by atomic mass is 16.4. The van der Waals surface area contributed by atoms with Gasteiger partial charge in [-0.05, 0) is 99.3 Å². The van der Waals surface area contributed by atoms with E-state index in [1.54, 1.807) is 0 Å². The number of furan rings is 1. The van der Waals surface area contributed by atoms with Crippen LogP contribution in [-0.4, -0.2) is 4.98 Å². The minimum atomic E-state index is 0.581. The summed E-state index contributed by atoms with van der Waals surface area (Å²) in [6.07, 6.45) is 0. The minimum absolute atomic E-state index is 0.581. The quantitative estimate of drug-likeness (QED) is 0.164. The molecule has 268 valence electrons. The average Bonchev–Trinajstić information content (AvgIpc) is 3.88. The van der Waals surface area contributed by atoms with Crippen molar-refractivity contribution in [3.8, 4) is 44.8 Å². The first kappa shape index (κ1) is 32.7. The molecular weight excluding hydrogens is 697 g/mol. The first-order valence-electron chi connectivity index (χ1n) is 19.2. The summed E-state index contributed by atoms with van der Waals surface area (Å²) in [5, 5.41) is 4.54. The summed E-state index contributed by atoms with van der Waals surface area (Å²) in [6.45, 7) is 0. The molecule has 11 rings (SSSR count). The van der Waals surface area contributed by atoms with Crippen LogP contribution in [0.15, 0.2) is 215 Å². The number of fused-ring (bicyclic) bond motifs is 5. The van der Waals surface area contributed by atoms with E-state index < -0.39 is 0 Å². The number of para-hydroxylation sites is 1. The topological polar surface area (TPSA) is 42.4 Å². The molecule has 0 saturated heterocycles. The van der Waals surface area contributed by atoms with E-state index in [2.05, 4.69) is 163 Å². The van der Waals surface area contributed by atoms with Gasteiger partial charge in [0.05, 0.1) is 5.56 Å². The molecule has 0 aliphatic carbocycles. The SMILES string of the molecule is c1ccc(-c2ccc(N(c3ccc(-c4cccc5ccccc45)cc3)c3ccc(-c4c5oc(-c6ccccc6)nc5cc5c4oc4ccccc45)cc3)cc2)cc1. The fourth-order valence-corrected chi connectivity index (χ4v) is 8.13. The summed E-state index contributed by atoms with van der Waals surface area (Å²) in [7, 11) is 0. The average molecular weight is 731 g/mol. The van der Waals surface area contributed by atoms with Crippen molar-refractivity contribution in [3.63, 3.8) is 0 Å². The number of hydrogen-bond acceptors (Lipinski definition) is 4. The zero-order valence-corrected chi connectivity index (χ0v) is 30.8. The molecule has 4 heteroatoms. The van der Waals surface area contributed by atoms with Crippen LogP contribution in [0.25, 0.3) is 88.6 Å². The molecule has 0 bridgehead atoms. The van der Waals surface area contributed by atoms with E-state index in [0.29, 0.717) is 11.5 Å². The van der Waals surface area contributed by atoms with Crippen LogP contribution in [0.4, 0.5) is 17.1 Å². The lowest BCUT2D eigenvalue weighted by atomic mass is 9.98. The van der Waals surface area contributed by atoms with Crippen molar-refractivity contribution < 1.29 is 8.83 Å². The third kappa shape index (κ3) is 5.74. The molecule has 0 amide bonds. The third-order valence-corrected chi connectivity index (χ3v) is 10.9. The molecule has 0 aliphatic heterocycles. The van der Waals surface area contributed by atoms with Gasteiger partial charge in [-0.15, -0.1) is 0 Å². The molecule has 0 unspecified atom stereocenters. The molecule has 2 aromatic heterocycles. The summed E-state index contributed by atoms with van der Waals surface area (Å²) >= 11 is 0. The summed E-state index contributed by atoms with van der Waals surface area (Å²) < 4.78 is 13.2. The van der Waals surface area contributed by atoms with Crippen molar-refractivity contribution in [2.45, 2.75) is 0 Å². The maximum Gasteiger partial charge on any atom is 0.227 e. The number of nitrogens with zero attached hydrogens (tertiary/aromatic N) is 2. The lowest BCUT2D eigenvalue weighted by molar-refractivity contribution is 0.619. The molecule has 11 aromatic rings. The zero-order valence-electron chi connectivity index (χ0n) is 30.8. The summed E-state index contributed by atoms with van der Waals surface area (Å²) in [5.41, 5.74) is 13.8. The van der Waals surface area contributed by atoms with Gasteiger partial charge in [0, 0.05) is 33.4 Å². The Morgan fingerprint density at radius 2 is 0.912 bits per heavy atom. The highest BCUT2D eigenvalue weighted by Crippen LogP contribution is 2.44. The van der Waals surface area contributed by atoms with Crippen molar-refractivity contribution in [2.75, 3.05) is 4.90 Å². The second-order valence-corrected chi connectivity index (χ2v) is 14.3. The highest BCUT2D eigenvalue weighted by molar-refractivity contribution is 6.16. The summed E-state index contributed by atoms with van der Waals surface area (Å²) in [5.74, 6) is 0.581. The Balaban J connectivity index is 1.04. The molecule has 0 spiro atoms. The van der Waals surface area contributed by atoms with Crippen molar-refractivity contribution in [1.82, 2.24) is 4.98 Å². The number of rotatable bonds is 7. The van der Waals surface area contributed by atoms with Crippen LogP contribution in [0.1, 0.15) is 0 Å². The number of benzene rings is 9. The van der Waals surface area contributed by atoms with Crippen LogP contribution in [0, 0.1) is 0 Å². The van der Waals surface area contributed by atoms with Crippen LogP contribution in [0.5, 0.6) is 0 Å². The number of oxazole rings is 1. The molecule has 9 aromatic carbocycles. The van der Waals surface area contributed by atoms with Gasteiger partial charge in [0.15, 0.2) is 5.58 Å². The van der Waals surface area contributed by atoms with Crippen LogP contribution in [0.2, 0.25) is 0 Å². The molecule has 4 nitrogen and oxygen atoms in total. The largest absolute Gasteiger partial charge is 0.455 e. The van der Waals surface area contributed by atoms with E-state index in [1.807, 2.05) is 48.5 Å². The van der Waals surface area contributed by atoms with Crippen molar-refractivity contribution in [1.29, 1.82) is 0 Å². The Labute approximate surface area is 329 Å². The first-order valence-corrected chi connectivity index (χ1v) is 19.2. The van der Waals surface area contributed by atoms with Crippen LogP contribution < -0.4 is 4.90 Å². The molecule has 0 fully saturated rings. The second-order valence-electron chi connectivity index (χ2n) is 14.3. The van der Waals surface area contributed by atoms with Gasteiger partial charge < -0.3 is 13.7 Å². The standard InChI is InChI=1S/C53H34N2O2/c1-3-12-35(13-4-1)36-22-28-41(29-23-36)55(42-30-24-38(25-31-42)45-20-11-17-37-14-7-8-18-44(37)45)43-32-26-39(27-33-43)50-51-47(46-19-9-10-21-49(46)56-51)34-48-52(50)57-53(54-48)40-15-5-2-6-16-40/h1-34H. The molecular formula is C53H34N2O2. The molecule has 0 radical (unpaired) electrons. The predicted octanol–water partition coefficient (Wildman–Crippen LogP) is 15.0. The number of anilines is 3. The summed E-state index contributed by atoms with van der Waals surface area (Å²) in [4.78, 5) is 7.30. The molecule has 0 aliphatic rings. The van der Waals surface area contributed by atoms with E-state index in [1.165, 1.54) is 33.0 Å². The Morgan fingerprint density at radius 1 is 0.368 bits per heavy atom. The van der Waals surface area contributed by atoms with E-state index >= 15 is 0 Å². The zero-order chi connectivity index (χ0) is 37.7. The van der Waals surface area contributed by atoms with Crippen LogP contribution in [0.3, 0.4) is 0 Å². The monoisotopic (exact) mass is 730 g/mol. The summed E-state index contributed by atoms with van der Waals surface area (Å²) in [6, 6.07) is 72.2. The maximum atomic E-state index is 6.60. The Hall–Kier alpha value is -7.69. The molecule has 0 atom stereocenters. The van der Waals surface area contributed by atoms with Gasteiger partial charge in [0.25, 0.3) is 0 Å². The van der Waals surface area contributed by atoms with Crippen molar-refractivity contribution in [2.24, 2.45) is 0 Å². The van der Waals surface area contributed by atoms with Gasteiger partial charge in [-0.3, -0.25) is 0 Å². The van der Waals surface area contributed by atoms with Crippen molar-refractivity contribution >= 4 is 60.9 Å². The fraction of sp³-hybridized carbons (Fsp3) is 0. The number of aromatic nitrogens is 1. The second kappa shape index (κ2) is 13.6. The van der Waals surface area contributed by atoms with E-state index in [0.717, 1.165) is 61.2 Å². The lowest BCUT2D eigenvalue weighted by Gasteiger charge is -2.26. The van der Waals surface area contributed by atoms with Gasteiger partial charge in [0.1, 0.15) is 16.7 Å². The third-order valence-electron chi connectivity index (χ3n) is 10.9. The van der Waals surface area contributed by atoms with E-state index in [-0.39, 0.29) is 0 Å². The molecule has 0 saturated carbocycles. The van der Waals surface area contributed by atoms with E-state index in [9.17, 15) is 0 Å². The highest BCUT2D eigenvalue weighted by Gasteiger charge is 2.22. The van der Waals surface area contributed by atoms with Gasteiger partial charge in [-0.2, -0.15) is 0 Å². The minimum Gasteiger partial charge on any atom is -0.455 e. The van der Waals surface area contributed by atoms with Crippen molar-refractivity contribution in [3.05, 3.63) is 206 Å². The molecule has 2 heterocycles. The predicted molar refractivity (Wildman–Crippen MR) is 235 cm³/mol. The normalized spacial score (nSPS) is 11.5. The van der Waals surface area contributed by atoms with Gasteiger partial charge >= 0.3 is 0 Å². The van der Waals surface area contributed by atoms with E-state index in [4.69, 9.17) is 13.8 Å². The Morgan fingerprint density at radius 3 is 1.61 bits per heavy atom. The number of hydrogen-bond donors (Lipinski definition) is 0. The molecule has 57 heavy (non-hydrogen) atoms. The van der Waals surface area contributed by atoms with Crippen LogP contribution in [-0.2, 0) is 0 Å². The Bertz CT molecular complexity index is 3200. The maximum absolute atomic E-state index is 6.60. The smallest absolute Gasteiger partial charge is 0.227 e. The van der Waals surface area contributed by atoms with Gasteiger partial charge in [0.2, 0.25) is 5.89 Å². The van der Waals surface area contributed by atoms with Gasteiger partial charge in [-0.25, -0.2) is 4.98 Å². The molecule has 0 N–H and O–H groups in total. The fourth-order valence-electron chi connectivity index (χ4n) is 8.13. The van der Waals surface area contributed by atoms with Gasteiger partial charge in [-0.1, -0.05) is 146 Å². The first-order chi connectivity index (χ1) is 28.2. The van der Waals surface area contributed by atoms with Crippen LogP contribution >= 0.6 is 0 Å². The lowest BCUT2D eigenvalue weighted by Crippen LogP contribution is -2.09.